The van der Waals surface area contributed by atoms with E-state index < -0.39 is 6.04 Å². The fourth-order valence-electron chi connectivity index (χ4n) is 5.45. The van der Waals surface area contributed by atoms with Gasteiger partial charge in [0.25, 0.3) is 5.91 Å². The third-order valence-corrected chi connectivity index (χ3v) is 7.25. The largest absolute Gasteiger partial charge is 0.376 e. The number of pyridine rings is 1. The van der Waals surface area contributed by atoms with Gasteiger partial charge in [0.1, 0.15) is 6.04 Å². The van der Waals surface area contributed by atoms with Crippen LogP contribution in [0.3, 0.4) is 0 Å². The fourth-order valence-corrected chi connectivity index (χ4v) is 5.45. The average molecular weight is 500 g/mol. The first-order valence-corrected chi connectivity index (χ1v) is 13.3. The van der Waals surface area contributed by atoms with E-state index in [0.717, 1.165) is 32.4 Å². The number of hydrogen-bond donors (Lipinski definition) is 1. The molecule has 0 saturated carbocycles. The summed E-state index contributed by atoms with van der Waals surface area (Å²) in [6, 6.07) is 2.63. The first kappa shape index (κ1) is 26.5. The Kier molecular flexibility index (Phi) is 8.62. The molecule has 1 aromatic rings. The normalized spacial score (nSPS) is 25.0. The molecule has 36 heavy (non-hydrogen) atoms. The zero-order valence-corrected chi connectivity index (χ0v) is 21.9. The van der Waals surface area contributed by atoms with Gasteiger partial charge in [-0.25, -0.2) is 0 Å². The number of amides is 3. The van der Waals surface area contributed by atoms with Crippen LogP contribution in [0.4, 0.5) is 0 Å². The summed E-state index contributed by atoms with van der Waals surface area (Å²) in [6.45, 7) is 10.6. The Morgan fingerprint density at radius 3 is 2.72 bits per heavy atom. The number of carbonyl (C=O) groups is 3. The summed E-state index contributed by atoms with van der Waals surface area (Å²) in [6.07, 6.45) is 6.82. The third-order valence-electron chi connectivity index (χ3n) is 7.25. The van der Waals surface area contributed by atoms with Gasteiger partial charge in [-0.05, 0) is 49.8 Å². The number of nitrogens with one attached hydrogen (secondary N) is 1. The van der Waals surface area contributed by atoms with Crippen LogP contribution in [0.2, 0.25) is 0 Å². The van der Waals surface area contributed by atoms with Crippen molar-refractivity contribution in [3.05, 3.63) is 30.1 Å². The van der Waals surface area contributed by atoms with Crippen LogP contribution in [0, 0.1) is 5.41 Å². The predicted octanol–water partition coefficient (Wildman–Crippen LogP) is 1.93. The highest BCUT2D eigenvalue weighted by Crippen LogP contribution is 2.30. The maximum Gasteiger partial charge on any atom is 0.256 e. The van der Waals surface area contributed by atoms with E-state index in [9.17, 15) is 14.4 Å². The summed E-state index contributed by atoms with van der Waals surface area (Å²) in [5.74, 6) is -0.181. The molecule has 0 spiro atoms. The van der Waals surface area contributed by atoms with E-state index >= 15 is 0 Å². The highest BCUT2D eigenvalue weighted by molar-refractivity contribution is 5.98. The Bertz CT molecular complexity index is 904. The second kappa shape index (κ2) is 11.7. The Morgan fingerprint density at radius 2 is 2.03 bits per heavy atom. The molecule has 3 saturated heterocycles. The van der Waals surface area contributed by atoms with Gasteiger partial charge >= 0.3 is 0 Å². The van der Waals surface area contributed by atoms with Crippen molar-refractivity contribution in [2.75, 3.05) is 45.9 Å². The Labute approximate surface area is 214 Å². The van der Waals surface area contributed by atoms with Crippen LogP contribution in [0.15, 0.2) is 24.5 Å². The van der Waals surface area contributed by atoms with Crippen LogP contribution >= 0.6 is 0 Å². The molecule has 0 radical (unpaired) electrons. The minimum atomic E-state index is -0.602. The number of hydrogen-bond acceptors (Lipinski definition) is 6. The highest BCUT2D eigenvalue weighted by Gasteiger charge is 2.45. The van der Waals surface area contributed by atoms with E-state index in [2.05, 4.69) is 31.1 Å². The van der Waals surface area contributed by atoms with Crippen molar-refractivity contribution in [3.8, 4) is 0 Å². The standard InChI is InChI=1S/C27H41N5O4/c1-27(2,3)16-24(33)31(19-22-8-5-14-36-22)21-15-23(26(35)30-12-6-10-28-11-13-30)32(18-21)25(34)20-7-4-9-29-17-20/h4,7,9,17,21-23,28H,5-6,8,10-16,18-19H2,1-3H3. The van der Waals surface area contributed by atoms with Crippen molar-refractivity contribution >= 4 is 17.7 Å². The molecule has 4 rings (SSSR count). The summed E-state index contributed by atoms with van der Waals surface area (Å²) in [5, 5.41) is 3.34. The van der Waals surface area contributed by atoms with Crippen LogP contribution in [-0.2, 0) is 14.3 Å². The van der Waals surface area contributed by atoms with Gasteiger partial charge in [0, 0.05) is 58.1 Å². The van der Waals surface area contributed by atoms with E-state index in [1.54, 1.807) is 29.4 Å². The molecule has 1 N–H and O–H groups in total. The van der Waals surface area contributed by atoms with Gasteiger partial charge in [-0.1, -0.05) is 20.8 Å². The van der Waals surface area contributed by atoms with Gasteiger partial charge in [0.05, 0.1) is 17.7 Å². The van der Waals surface area contributed by atoms with Crippen molar-refractivity contribution in [2.24, 2.45) is 5.41 Å². The smallest absolute Gasteiger partial charge is 0.256 e. The molecular weight excluding hydrogens is 458 g/mol. The zero-order chi connectivity index (χ0) is 25.7. The summed E-state index contributed by atoms with van der Waals surface area (Å²) in [4.78, 5) is 50.5. The second-order valence-electron chi connectivity index (χ2n) is 11.5. The molecule has 3 aliphatic rings. The SMILES string of the molecule is CC(C)(C)CC(=O)N(CC1CCCO1)C1CC(C(=O)N2CCCNCC2)N(C(=O)c2cccnc2)C1. The van der Waals surface area contributed by atoms with Crippen LogP contribution in [0.25, 0.3) is 0 Å². The molecule has 0 aromatic carbocycles. The van der Waals surface area contributed by atoms with Gasteiger partial charge in [0.15, 0.2) is 0 Å². The van der Waals surface area contributed by atoms with Crippen molar-refractivity contribution in [2.45, 2.75) is 71.1 Å². The maximum absolute atomic E-state index is 13.8. The van der Waals surface area contributed by atoms with E-state index in [0.29, 0.717) is 51.2 Å². The first-order valence-electron chi connectivity index (χ1n) is 13.3. The maximum atomic E-state index is 13.8. The van der Waals surface area contributed by atoms with Gasteiger partial charge in [-0.3, -0.25) is 19.4 Å². The topological polar surface area (TPSA) is 95.1 Å². The fraction of sp³-hybridized carbons (Fsp3) is 0.704. The van der Waals surface area contributed by atoms with Crippen molar-refractivity contribution in [1.82, 2.24) is 25.0 Å². The summed E-state index contributed by atoms with van der Waals surface area (Å²) in [5.41, 5.74) is 0.296. The number of nitrogens with zero attached hydrogens (tertiary/aromatic N) is 4. The molecule has 3 fully saturated rings. The monoisotopic (exact) mass is 499 g/mol. The average Bonchev–Trinajstić information content (AvgIpc) is 3.44. The lowest BCUT2D eigenvalue weighted by molar-refractivity contribution is -0.138. The van der Waals surface area contributed by atoms with Gasteiger partial charge in [-0.15, -0.1) is 0 Å². The lowest BCUT2D eigenvalue weighted by Crippen LogP contribution is -2.48. The van der Waals surface area contributed by atoms with E-state index in [1.807, 2.05) is 9.80 Å². The molecule has 1 aromatic heterocycles. The van der Waals surface area contributed by atoms with Crippen LogP contribution in [-0.4, -0.2) is 101 Å². The minimum Gasteiger partial charge on any atom is -0.376 e. The summed E-state index contributed by atoms with van der Waals surface area (Å²) < 4.78 is 5.89. The van der Waals surface area contributed by atoms with Crippen LogP contribution < -0.4 is 5.32 Å². The summed E-state index contributed by atoms with van der Waals surface area (Å²) in [7, 11) is 0. The quantitative estimate of drug-likeness (QED) is 0.643. The number of rotatable bonds is 6. The zero-order valence-electron chi connectivity index (χ0n) is 21.9. The number of ether oxygens (including phenoxy) is 1. The third kappa shape index (κ3) is 6.62. The Hall–Kier alpha value is -2.52. The number of likely N-dealkylation sites (tertiary alicyclic amines) is 1. The highest BCUT2D eigenvalue weighted by atomic mass is 16.5. The molecule has 3 amide bonds. The van der Waals surface area contributed by atoms with Crippen molar-refractivity contribution < 1.29 is 19.1 Å². The van der Waals surface area contributed by atoms with Gasteiger partial charge in [0.2, 0.25) is 11.8 Å². The van der Waals surface area contributed by atoms with Crippen molar-refractivity contribution in [3.63, 3.8) is 0 Å². The minimum absolute atomic E-state index is 0.00262. The van der Waals surface area contributed by atoms with E-state index in [4.69, 9.17) is 4.74 Å². The predicted molar refractivity (Wildman–Crippen MR) is 136 cm³/mol. The number of carbonyl (C=O) groups excluding carboxylic acids is 3. The molecule has 3 atom stereocenters. The molecule has 9 heteroatoms. The van der Waals surface area contributed by atoms with Crippen LogP contribution in [0.5, 0.6) is 0 Å². The van der Waals surface area contributed by atoms with E-state index in [1.165, 1.54) is 0 Å². The lowest BCUT2D eigenvalue weighted by Gasteiger charge is -2.33. The molecule has 0 aliphatic carbocycles. The Balaban J connectivity index is 1.60. The number of aromatic nitrogens is 1. The van der Waals surface area contributed by atoms with Crippen LogP contribution in [0.1, 0.15) is 63.2 Å². The van der Waals surface area contributed by atoms with Gasteiger partial charge < -0.3 is 24.8 Å². The molecule has 0 bridgehead atoms. The molecule has 4 heterocycles. The van der Waals surface area contributed by atoms with Gasteiger partial charge in [-0.2, -0.15) is 0 Å². The molecular formula is C27H41N5O4. The summed E-state index contributed by atoms with van der Waals surface area (Å²) >= 11 is 0. The second-order valence-corrected chi connectivity index (χ2v) is 11.5. The lowest BCUT2D eigenvalue weighted by atomic mass is 9.91. The van der Waals surface area contributed by atoms with E-state index in [-0.39, 0.29) is 35.3 Å². The first-order chi connectivity index (χ1) is 17.2. The molecule has 3 aliphatic heterocycles. The molecule has 198 valence electrons. The Morgan fingerprint density at radius 1 is 1.19 bits per heavy atom. The van der Waals surface area contributed by atoms with Crippen molar-refractivity contribution in [1.29, 1.82) is 0 Å². The molecule has 3 unspecified atom stereocenters. The molecule has 9 nitrogen and oxygen atoms in total.